The smallest absolute Gasteiger partial charge is 0.257 e. The van der Waals surface area contributed by atoms with E-state index in [0.29, 0.717) is 5.13 Å². The second kappa shape index (κ2) is 6.03. The summed E-state index contributed by atoms with van der Waals surface area (Å²) in [4.78, 5) is 18.0. The van der Waals surface area contributed by atoms with Gasteiger partial charge in [-0.3, -0.25) is 10.1 Å². The SMILES string of the molecule is CS(=O)(=O)c1cccc(C(=O)Nc2nc3c(s2)C[C@@H](N)CC3)c1. The van der Waals surface area contributed by atoms with Crippen LogP contribution in [0.25, 0.3) is 0 Å². The number of nitrogens with one attached hydrogen (secondary N) is 1. The quantitative estimate of drug-likeness (QED) is 0.875. The highest BCUT2D eigenvalue weighted by Gasteiger charge is 2.21. The second-order valence-corrected chi connectivity index (χ2v) is 8.75. The molecule has 1 aliphatic carbocycles. The first kappa shape index (κ1) is 16.1. The fourth-order valence-electron chi connectivity index (χ4n) is 2.49. The molecule has 1 heterocycles. The lowest BCUT2D eigenvalue weighted by Gasteiger charge is -2.15. The third kappa shape index (κ3) is 3.60. The lowest BCUT2D eigenvalue weighted by molar-refractivity contribution is 0.102. The second-order valence-electron chi connectivity index (χ2n) is 5.65. The average molecular weight is 351 g/mol. The highest BCUT2D eigenvalue weighted by Crippen LogP contribution is 2.29. The molecule has 0 unspecified atom stereocenters. The van der Waals surface area contributed by atoms with Gasteiger partial charge in [0, 0.05) is 22.7 Å². The van der Waals surface area contributed by atoms with Gasteiger partial charge in [0.1, 0.15) is 0 Å². The normalized spacial score (nSPS) is 17.6. The maximum Gasteiger partial charge on any atom is 0.257 e. The fraction of sp³-hybridized carbons (Fsp3) is 0.333. The number of amides is 1. The third-order valence-corrected chi connectivity index (χ3v) is 5.87. The molecule has 6 nitrogen and oxygen atoms in total. The standard InChI is InChI=1S/C15H17N3O3S2/c1-23(20,21)11-4-2-3-9(7-11)14(19)18-15-17-12-6-5-10(16)8-13(12)22-15/h2-4,7,10H,5-6,8,16H2,1H3,(H,17,18,19)/t10-/m0/s1. The number of nitrogens with two attached hydrogens (primary N) is 1. The van der Waals surface area contributed by atoms with E-state index in [4.69, 9.17) is 5.73 Å². The number of hydrogen-bond acceptors (Lipinski definition) is 6. The average Bonchev–Trinajstić information content (AvgIpc) is 2.87. The zero-order valence-corrected chi connectivity index (χ0v) is 14.2. The number of hydrogen-bond donors (Lipinski definition) is 2. The topological polar surface area (TPSA) is 102 Å². The van der Waals surface area contributed by atoms with Crippen LogP contribution in [0.5, 0.6) is 0 Å². The molecule has 8 heteroatoms. The van der Waals surface area contributed by atoms with Crippen LogP contribution in [0.4, 0.5) is 5.13 Å². The van der Waals surface area contributed by atoms with Gasteiger partial charge in [-0.05, 0) is 37.5 Å². The lowest BCUT2D eigenvalue weighted by Crippen LogP contribution is -2.27. The predicted molar refractivity (Wildman–Crippen MR) is 89.6 cm³/mol. The van der Waals surface area contributed by atoms with Crippen LogP contribution >= 0.6 is 11.3 Å². The molecular weight excluding hydrogens is 334 g/mol. The molecule has 122 valence electrons. The number of anilines is 1. The van der Waals surface area contributed by atoms with Crippen LogP contribution in [0.1, 0.15) is 27.3 Å². The Hall–Kier alpha value is -1.77. The summed E-state index contributed by atoms with van der Waals surface area (Å²) in [5.74, 6) is -0.370. The number of thiazole rings is 1. The van der Waals surface area contributed by atoms with Crippen molar-refractivity contribution >= 4 is 32.2 Å². The van der Waals surface area contributed by atoms with Crippen LogP contribution < -0.4 is 11.1 Å². The molecule has 0 saturated heterocycles. The number of nitrogens with zero attached hydrogens (tertiary/aromatic N) is 1. The van der Waals surface area contributed by atoms with E-state index in [1.165, 1.54) is 23.5 Å². The molecule has 1 atom stereocenters. The summed E-state index contributed by atoms with van der Waals surface area (Å²) < 4.78 is 23.2. The molecule has 1 aliphatic rings. The number of carbonyl (C=O) groups excluding carboxylic acids is 1. The summed E-state index contributed by atoms with van der Waals surface area (Å²) in [7, 11) is -3.35. The Morgan fingerprint density at radius 1 is 1.43 bits per heavy atom. The molecule has 0 radical (unpaired) electrons. The minimum atomic E-state index is -3.35. The Balaban J connectivity index is 1.80. The number of aromatic nitrogens is 1. The first-order chi connectivity index (χ1) is 10.8. The van der Waals surface area contributed by atoms with E-state index >= 15 is 0 Å². The predicted octanol–water partition coefficient (Wildman–Crippen LogP) is 1.61. The molecule has 23 heavy (non-hydrogen) atoms. The Morgan fingerprint density at radius 2 is 2.22 bits per heavy atom. The van der Waals surface area contributed by atoms with Crippen molar-refractivity contribution < 1.29 is 13.2 Å². The third-order valence-electron chi connectivity index (χ3n) is 3.72. The molecule has 0 fully saturated rings. The van der Waals surface area contributed by atoms with Crippen molar-refractivity contribution in [3.8, 4) is 0 Å². The lowest BCUT2D eigenvalue weighted by atomic mass is 9.99. The van der Waals surface area contributed by atoms with Crippen molar-refractivity contribution in [3.63, 3.8) is 0 Å². The number of carbonyl (C=O) groups is 1. The Kier molecular flexibility index (Phi) is 4.22. The van der Waals surface area contributed by atoms with E-state index in [2.05, 4.69) is 10.3 Å². The Bertz CT molecular complexity index is 859. The number of fused-ring (bicyclic) bond motifs is 1. The summed E-state index contributed by atoms with van der Waals surface area (Å²) in [6, 6.07) is 6.12. The van der Waals surface area contributed by atoms with Crippen molar-refractivity contribution in [2.45, 2.75) is 30.2 Å². The van der Waals surface area contributed by atoms with Crippen molar-refractivity contribution in [1.29, 1.82) is 0 Å². The number of rotatable bonds is 3. The summed E-state index contributed by atoms with van der Waals surface area (Å²) >= 11 is 1.43. The molecule has 2 aromatic rings. The number of sulfone groups is 1. The van der Waals surface area contributed by atoms with Crippen molar-refractivity contribution in [2.24, 2.45) is 5.73 Å². The van der Waals surface area contributed by atoms with Gasteiger partial charge in [-0.1, -0.05) is 6.07 Å². The maximum absolute atomic E-state index is 12.3. The van der Waals surface area contributed by atoms with Gasteiger partial charge in [0.25, 0.3) is 5.91 Å². The van der Waals surface area contributed by atoms with Gasteiger partial charge in [0.15, 0.2) is 15.0 Å². The van der Waals surface area contributed by atoms with Crippen LogP contribution in [0.15, 0.2) is 29.2 Å². The summed E-state index contributed by atoms with van der Waals surface area (Å²) in [6.07, 6.45) is 3.63. The molecule has 0 bridgehead atoms. The van der Waals surface area contributed by atoms with Gasteiger partial charge < -0.3 is 5.73 Å². The number of aryl methyl sites for hydroxylation is 1. The van der Waals surface area contributed by atoms with E-state index in [-0.39, 0.29) is 22.4 Å². The molecule has 3 N–H and O–H groups in total. The molecule has 3 rings (SSSR count). The van der Waals surface area contributed by atoms with E-state index < -0.39 is 9.84 Å². The minimum Gasteiger partial charge on any atom is -0.327 e. The minimum absolute atomic E-state index is 0.120. The maximum atomic E-state index is 12.3. The highest BCUT2D eigenvalue weighted by molar-refractivity contribution is 7.90. The van der Waals surface area contributed by atoms with Crippen LogP contribution in [0, 0.1) is 0 Å². The molecule has 0 saturated carbocycles. The van der Waals surface area contributed by atoms with Gasteiger partial charge >= 0.3 is 0 Å². The monoisotopic (exact) mass is 351 g/mol. The van der Waals surface area contributed by atoms with E-state index in [0.717, 1.165) is 36.1 Å². The van der Waals surface area contributed by atoms with Gasteiger partial charge in [-0.25, -0.2) is 13.4 Å². The van der Waals surface area contributed by atoms with E-state index in [1.807, 2.05) is 0 Å². The van der Waals surface area contributed by atoms with E-state index in [1.54, 1.807) is 12.1 Å². The first-order valence-corrected chi connectivity index (χ1v) is 9.89. The zero-order chi connectivity index (χ0) is 16.6. The van der Waals surface area contributed by atoms with Crippen LogP contribution in [-0.4, -0.2) is 31.6 Å². The molecule has 1 amide bonds. The van der Waals surface area contributed by atoms with Gasteiger partial charge in [0.05, 0.1) is 10.6 Å². The van der Waals surface area contributed by atoms with Crippen molar-refractivity contribution in [3.05, 3.63) is 40.4 Å². The molecule has 1 aromatic heterocycles. The molecule has 1 aromatic carbocycles. The summed E-state index contributed by atoms with van der Waals surface area (Å²) in [6.45, 7) is 0. The molecule has 0 spiro atoms. The van der Waals surface area contributed by atoms with Crippen LogP contribution in [0.2, 0.25) is 0 Å². The molecule has 0 aliphatic heterocycles. The Morgan fingerprint density at radius 3 is 2.96 bits per heavy atom. The summed E-state index contributed by atoms with van der Waals surface area (Å²) in [5, 5.41) is 3.27. The van der Waals surface area contributed by atoms with Crippen LogP contribution in [0.3, 0.4) is 0 Å². The van der Waals surface area contributed by atoms with Crippen molar-refractivity contribution in [1.82, 2.24) is 4.98 Å². The van der Waals surface area contributed by atoms with Crippen molar-refractivity contribution in [2.75, 3.05) is 11.6 Å². The van der Waals surface area contributed by atoms with Crippen LogP contribution in [-0.2, 0) is 22.7 Å². The Labute approximate surface area is 138 Å². The first-order valence-electron chi connectivity index (χ1n) is 7.18. The molecular formula is C15H17N3O3S2. The summed E-state index contributed by atoms with van der Waals surface area (Å²) in [5.41, 5.74) is 7.23. The van der Waals surface area contributed by atoms with E-state index in [9.17, 15) is 13.2 Å². The fourth-order valence-corrected chi connectivity index (χ4v) is 4.25. The van der Waals surface area contributed by atoms with Gasteiger partial charge in [-0.15, -0.1) is 11.3 Å². The van der Waals surface area contributed by atoms with Gasteiger partial charge in [0.2, 0.25) is 0 Å². The van der Waals surface area contributed by atoms with Gasteiger partial charge in [-0.2, -0.15) is 0 Å². The largest absolute Gasteiger partial charge is 0.327 e. The highest BCUT2D eigenvalue weighted by atomic mass is 32.2. The number of benzene rings is 1. The zero-order valence-electron chi connectivity index (χ0n) is 12.6.